The van der Waals surface area contributed by atoms with Gasteiger partial charge in [0.25, 0.3) is 5.91 Å². The Labute approximate surface area is 175 Å². The molecular formula is C23H24ClN3O2. The summed E-state index contributed by atoms with van der Waals surface area (Å²) in [5.74, 6) is -0.164. The lowest BCUT2D eigenvalue weighted by Crippen LogP contribution is -2.44. The topological polar surface area (TPSA) is 56.1 Å². The molecule has 150 valence electrons. The Balaban J connectivity index is 1.52. The van der Waals surface area contributed by atoms with Gasteiger partial charge in [-0.3, -0.25) is 4.79 Å². The molecule has 1 aliphatic heterocycles. The zero-order chi connectivity index (χ0) is 20.3. The number of nitrogens with zero attached hydrogens (tertiary/aromatic N) is 2. The Morgan fingerprint density at radius 1 is 1.14 bits per heavy atom. The molecule has 3 aromatic rings. The van der Waals surface area contributed by atoms with Gasteiger partial charge in [0.15, 0.2) is 5.69 Å². The summed E-state index contributed by atoms with van der Waals surface area (Å²) in [6, 6.07) is 19.5. The first-order valence-electron chi connectivity index (χ1n) is 9.81. The van der Waals surface area contributed by atoms with Gasteiger partial charge in [0.2, 0.25) is 0 Å². The highest BCUT2D eigenvalue weighted by Gasteiger charge is 2.35. The third-order valence-electron chi connectivity index (χ3n) is 5.61. The maximum Gasteiger partial charge on any atom is 0.271 e. The summed E-state index contributed by atoms with van der Waals surface area (Å²) < 4.78 is 7.37. The number of halogens is 1. The van der Waals surface area contributed by atoms with Crippen LogP contribution in [0, 0.1) is 6.92 Å². The van der Waals surface area contributed by atoms with E-state index in [2.05, 4.69) is 10.4 Å². The van der Waals surface area contributed by atoms with Crippen molar-refractivity contribution < 1.29 is 9.53 Å². The van der Waals surface area contributed by atoms with E-state index in [1.54, 1.807) is 4.68 Å². The van der Waals surface area contributed by atoms with E-state index >= 15 is 0 Å². The summed E-state index contributed by atoms with van der Waals surface area (Å²) >= 11 is 6.07. The van der Waals surface area contributed by atoms with Gasteiger partial charge in [-0.1, -0.05) is 41.9 Å². The lowest BCUT2D eigenvalue weighted by atomic mass is 9.74. The fourth-order valence-corrected chi connectivity index (χ4v) is 4.02. The molecule has 0 saturated carbocycles. The minimum atomic E-state index is -0.164. The van der Waals surface area contributed by atoms with Crippen molar-refractivity contribution in [2.24, 2.45) is 0 Å². The van der Waals surface area contributed by atoms with Crippen molar-refractivity contribution in [2.45, 2.75) is 25.2 Å². The molecule has 0 atom stereocenters. The second-order valence-corrected chi connectivity index (χ2v) is 7.94. The monoisotopic (exact) mass is 409 g/mol. The van der Waals surface area contributed by atoms with Crippen molar-refractivity contribution in [3.8, 4) is 5.69 Å². The largest absolute Gasteiger partial charge is 0.381 e. The number of aryl methyl sites for hydroxylation is 1. The van der Waals surface area contributed by atoms with Gasteiger partial charge in [-0.15, -0.1) is 0 Å². The Morgan fingerprint density at radius 3 is 2.52 bits per heavy atom. The van der Waals surface area contributed by atoms with Crippen LogP contribution in [-0.2, 0) is 10.2 Å². The Morgan fingerprint density at radius 2 is 1.83 bits per heavy atom. The number of carbonyl (C=O) groups is 1. The van der Waals surface area contributed by atoms with E-state index in [0.29, 0.717) is 30.5 Å². The minimum absolute atomic E-state index is 0.157. The summed E-state index contributed by atoms with van der Waals surface area (Å²) in [5.41, 5.74) is 3.29. The van der Waals surface area contributed by atoms with Crippen molar-refractivity contribution in [1.82, 2.24) is 15.1 Å². The van der Waals surface area contributed by atoms with Gasteiger partial charge in [0.05, 0.1) is 5.69 Å². The van der Waals surface area contributed by atoms with Crippen LogP contribution in [0.15, 0.2) is 60.7 Å². The van der Waals surface area contributed by atoms with Gasteiger partial charge in [-0.2, -0.15) is 5.10 Å². The fourth-order valence-electron chi connectivity index (χ4n) is 3.89. The van der Waals surface area contributed by atoms with Crippen molar-refractivity contribution >= 4 is 17.5 Å². The van der Waals surface area contributed by atoms with E-state index < -0.39 is 0 Å². The minimum Gasteiger partial charge on any atom is -0.381 e. The Kier molecular flexibility index (Phi) is 5.69. The number of rotatable bonds is 5. The molecule has 1 N–H and O–H groups in total. The third-order valence-corrected chi connectivity index (χ3v) is 5.87. The first kappa shape index (κ1) is 19.7. The van der Waals surface area contributed by atoms with E-state index in [0.717, 1.165) is 24.2 Å². The quantitative estimate of drug-likeness (QED) is 0.683. The van der Waals surface area contributed by atoms with Crippen molar-refractivity contribution in [1.29, 1.82) is 0 Å². The summed E-state index contributed by atoms with van der Waals surface area (Å²) in [5, 5.41) is 8.33. The van der Waals surface area contributed by atoms with Crippen molar-refractivity contribution in [2.75, 3.05) is 19.8 Å². The van der Waals surface area contributed by atoms with Crippen LogP contribution < -0.4 is 5.32 Å². The van der Waals surface area contributed by atoms with Crippen LogP contribution in [0.3, 0.4) is 0 Å². The molecular weight excluding hydrogens is 386 g/mol. The zero-order valence-corrected chi connectivity index (χ0v) is 17.2. The highest BCUT2D eigenvalue weighted by molar-refractivity contribution is 6.30. The first-order valence-corrected chi connectivity index (χ1v) is 10.2. The highest BCUT2D eigenvalue weighted by Crippen LogP contribution is 2.35. The average molecular weight is 410 g/mol. The number of aromatic nitrogens is 2. The predicted molar refractivity (Wildman–Crippen MR) is 114 cm³/mol. The molecule has 0 aliphatic carbocycles. The molecule has 4 rings (SSSR count). The van der Waals surface area contributed by atoms with Crippen LogP contribution in [0.1, 0.15) is 34.6 Å². The van der Waals surface area contributed by atoms with Crippen molar-refractivity contribution in [3.63, 3.8) is 0 Å². The number of benzene rings is 2. The maximum absolute atomic E-state index is 12.9. The number of amides is 1. The smallest absolute Gasteiger partial charge is 0.271 e. The molecule has 0 unspecified atom stereocenters. The summed E-state index contributed by atoms with van der Waals surface area (Å²) in [4.78, 5) is 12.9. The summed E-state index contributed by atoms with van der Waals surface area (Å²) in [6.45, 7) is 3.85. The fraction of sp³-hybridized carbons (Fsp3) is 0.304. The van der Waals surface area contributed by atoms with Gasteiger partial charge in [-0.05, 0) is 55.7 Å². The summed E-state index contributed by atoms with van der Waals surface area (Å²) in [7, 11) is 0. The summed E-state index contributed by atoms with van der Waals surface area (Å²) in [6.07, 6.45) is 1.71. The molecule has 1 aliphatic rings. The van der Waals surface area contributed by atoms with E-state index in [-0.39, 0.29) is 11.3 Å². The number of hydrogen-bond donors (Lipinski definition) is 1. The van der Waals surface area contributed by atoms with Gasteiger partial charge >= 0.3 is 0 Å². The molecule has 0 bridgehead atoms. The Bertz CT molecular complexity index is 977. The molecule has 1 fully saturated rings. The third kappa shape index (κ3) is 4.21. The van der Waals surface area contributed by atoms with E-state index in [1.165, 1.54) is 5.56 Å². The van der Waals surface area contributed by atoms with Crippen LogP contribution in [0.25, 0.3) is 5.69 Å². The van der Waals surface area contributed by atoms with Crippen LogP contribution in [0.4, 0.5) is 0 Å². The molecule has 5 nitrogen and oxygen atoms in total. The first-order chi connectivity index (χ1) is 14.1. The van der Waals surface area contributed by atoms with Gasteiger partial charge in [-0.25, -0.2) is 4.68 Å². The Hall–Kier alpha value is -2.63. The molecule has 0 spiro atoms. The molecule has 0 radical (unpaired) electrons. The van der Waals surface area contributed by atoms with E-state index in [1.807, 2.05) is 67.6 Å². The molecule has 1 aromatic heterocycles. The number of para-hydroxylation sites is 1. The van der Waals surface area contributed by atoms with Gasteiger partial charge in [0.1, 0.15) is 0 Å². The van der Waals surface area contributed by atoms with Gasteiger partial charge in [0, 0.05) is 35.9 Å². The van der Waals surface area contributed by atoms with Gasteiger partial charge < -0.3 is 10.1 Å². The number of carbonyl (C=O) groups excluding carboxylic acids is 1. The SMILES string of the molecule is Cc1cc(C(=O)NCC2(c3ccc(Cl)cc3)CCOCC2)nn1-c1ccccc1. The number of ether oxygens (including phenoxy) is 1. The number of nitrogens with one attached hydrogen (secondary N) is 1. The standard InChI is InChI=1S/C23H24ClN3O2/c1-17-15-21(26-27(17)20-5-3-2-4-6-20)22(28)25-16-23(11-13-29-14-12-23)18-7-9-19(24)10-8-18/h2-10,15H,11-14,16H2,1H3,(H,25,28). The maximum atomic E-state index is 12.9. The average Bonchev–Trinajstić information content (AvgIpc) is 3.15. The van der Waals surface area contributed by atoms with Crippen molar-refractivity contribution in [3.05, 3.63) is 82.6 Å². The lowest BCUT2D eigenvalue weighted by molar-refractivity contribution is 0.0486. The normalized spacial score (nSPS) is 15.8. The molecule has 1 saturated heterocycles. The van der Waals surface area contributed by atoms with E-state index in [4.69, 9.17) is 16.3 Å². The molecule has 1 amide bonds. The molecule has 2 heterocycles. The van der Waals surface area contributed by atoms with E-state index in [9.17, 15) is 4.79 Å². The predicted octanol–water partition coefficient (Wildman–Crippen LogP) is 4.31. The zero-order valence-electron chi connectivity index (χ0n) is 16.4. The molecule has 2 aromatic carbocycles. The lowest BCUT2D eigenvalue weighted by Gasteiger charge is -2.38. The molecule has 6 heteroatoms. The number of hydrogen-bond acceptors (Lipinski definition) is 3. The van der Waals surface area contributed by atoms with Crippen LogP contribution in [0.2, 0.25) is 5.02 Å². The van der Waals surface area contributed by atoms with Crippen LogP contribution in [0.5, 0.6) is 0 Å². The molecule has 29 heavy (non-hydrogen) atoms. The second-order valence-electron chi connectivity index (χ2n) is 7.50. The van der Waals surface area contributed by atoms with Crippen LogP contribution >= 0.6 is 11.6 Å². The second kappa shape index (κ2) is 8.39. The highest BCUT2D eigenvalue weighted by atomic mass is 35.5. The van der Waals surface area contributed by atoms with Crippen LogP contribution in [-0.4, -0.2) is 35.4 Å².